The van der Waals surface area contributed by atoms with Gasteiger partial charge < -0.3 is 14.7 Å². The number of halogens is 1. The van der Waals surface area contributed by atoms with Gasteiger partial charge in [-0.1, -0.05) is 18.5 Å². The van der Waals surface area contributed by atoms with Crippen molar-refractivity contribution in [2.75, 3.05) is 13.7 Å². The summed E-state index contributed by atoms with van der Waals surface area (Å²) < 4.78 is 5.06. The van der Waals surface area contributed by atoms with Crippen molar-refractivity contribution >= 4 is 23.5 Å². The molecule has 110 valence electrons. The van der Waals surface area contributed by atoms with E-state index in [1.807, 2.05) is 13.8 Å². The number of carbonyl (C=O) groups is 2. The third-order valence-electron chi connectivity index (χ3n) is 3.09. The van der Waals surface area contributed by atoms with Crippen LogP contribution in [0.2, 0.25) is 5.02 Å². The largest absolute Gasteiger partial charge is 0.495 e. The number of nitrogens with zero attached hydrogens (tertiary/aromatic N) is 1. The zero-order valence-electron chi connectivity index (χ0n) is 11.7. The molecule has 0 fully saturated rings. The Labute approximate surface area is 123 Å². The third kappa shape index (κ3) is 3.87. The summed E-state index contributed by atoms with van der Waals surface area (Å²) in [5.74, 6) is -1.01. The highest BCUT2D eigenvalue weighted by atomic mass is 35.5. The average molecular weight is 300 g/mol. The van der Waals surface area contributed by atoms with Gasteiger partial charge in [0.15, 0.2) is 0 Å². The van der Waals surface area contributed by atoms with Gasteiger partial charge in [-0.2, -0.15) is 0 Å². The van der Waals surface area contributed by atoms with Crippen molar-refractivity contribution in [3.63, 3.8) is 0 Å². The first-order valence-corrected chi connectivity index (χ1v) is 6.64. The van der Waals surface area contributed by atoms with Crippen LogP contribution in [0.3, 0.4) is 0 Å². The molecule has 0 saturated carbocycles. The van der Waals surface area contributed by atoms with Crippen molar-refractivity contribution in [3.8, 4) is 5.75 Å². The van der Waals surface area contributed by atoms with E-state index < -0.39 is 5.97 Å². The van der Waals surface area contributed by atoms with E-state index in [9.17, 15) is 9.59 Å². The normalized spacial score (nSPS) is 11.8. The Bertz CT molecular complexity index is 504. The third-order valence-corrected chi connectivity index (χ3v) is 3.40. The van der Waals surface area contributed by atoms with Gasteiger partial charge in [0.25, 0.3) is 5.91 Å². The lowest BCUT2D eigenvalue weighted by Gasteiger charge is -2.27. The number of rotatable bonds is 6. The lowest BCUT2D eigenvalue weighted by molar-refractivity contribution is -0.138. The summed E-state index contributed by atoms with van der Waals surface area (Å²) in [5.41, 5.74) is 0.354. The predicted molar refractivity (Wildman–Crippen MR) is 76.4 cm³/mol. The van der Waals surface area contributed by atoms with Crippen LogP contribution in [0, 0.1) is 0 Å². The molecule has 0 aliphatic carbocycles. The molecule has 1 rings (SSSR count). The number of carboxylic acid groups (broad SMARTS) is 1. The summed E-state index contributed by atoms with van der Waals surface area (Å²) in [5, 5.41) is 9.33. The van der Waals surface area contributed by atoms with E-state index in [-0.39, 0.29) is 18.5 Å². The molecular formula is C14H18ClNO4. The molecule has 6 heteroatoms. The number of aliphatic carboxylic acids is 1. The van der Waals surface area contributed by atoms with Gasteiger partial charge in [0, 0.05) is 11.6 Å². The Morgan fingerprint density at radius 3 is 2.60 bits per heavy atom. The highest BCUT2D eigenvalue weighted by molar-refractivity contribution is 6.32. The molecule has 1 aromatic rings. The van der Waals surface area contributed by atoms with Crippen LogP contribution < -0.4 is 4.74 Å². The molecule has 0 heterocycles. The molecule has 1 atom stereocenters. The number of carbonyl (C=O) groups excluding carboxylic acids is 1. The van der Waals surface area contributed by atoms with Crippen LogP contribution in [-0.4, -0.2) is 41.6 Å². The SMILES string of the molecule is CCC(C)N(CC(=O)O)C(=O)c1ccc(Cl)c(OC)c1. The number of ether oxygens (including phenoxy) is 1. The Morgan fingerprint density at radius 2 is 2.10 bits per heavy atom. The summed E-state index contributed by atoms with van der Waals surface area (Å²) in [6.07, 6.45) is 0.670. The van der Waals surface area contributed by atoms with Gasteiger partial charge in [-0.3, -0.25) is 9.59 Å². The van der Waals surface area contributed by atoms with Crippen LogP contribution in [0.1, 0.15) is 30.6 Å². The van der Waals surface area contributed by atoms with Crippen molar-refractivity contribution < 1.29 is 19.4 Å². The maximum Gasteiger partial charge on any atom is 0.323 e. The molecule has 0 aliphatic heterocycles. The van der Waals surface area contributed by atoms with Crippen molar-refractivity contribution in [2.45, 2.75) is 26.3 Å². The van der Waals surface area contributed by atoms with Gasteiger partial charge >= 0.3 is 5.97 Å². The number of hydrogen-bond donors (Lipinski definition) is 1. The first-order valence-electron chi connectivity index (χ1n) is 6.27. The van der Waals surface area contributed by atoms with E-state index in [0.717, 1.165) is 0 Å². The zero-order valence-corrected chi connectivity index (χ0v) is 12.5. The molecule has 20 heavy (non-hydrogen) atoms. The maximum atomic E-state index is 12.4. The number of carboxylic acids is 1. The van der Waals surface area contributed by atoms with Crippen LogP contribution in [0.25, 0.3) is 0 Å². The van der Waals surface area contributed by atoms with Gasteiger partial charge in [-0.15, -0.1) is 0 Å². The van der Waals surface area contributed by atoms with E-state index in [2.05, 4.69) is 0 Å². The highest BCUT2D eigenvalue weighted by Gasteiger charge is 2.23. The zero-order chi connectivity index (χ0) is 15.3. The number of hydrogen-bond acceptors (Lipinski definition) is 3. The molecule has 1 amide bonds. The predicted octanol–water partition coefficient (Wildman–Crippen LogP) is 2.67. The summed E-state index contributed by atoms with van der Waals surface area (Å²) >= 11 is 5.91. The van der Waals surface area contributed by atoms with Crippen LogP contribution in [-0.2, 0) is 4.79 Å². The van der Waals surface area contributed by atoms with E-state index in [4.69, 9.17) is 21.4 Å². The maximum absolute atomic E-state index is 12.4. The molecule has 0 bridgehead atoms. The lowest BCUT2D eigenvalue weighted by atomic mass is 10.1. The molecule has 0 spiro atoms. The van der Waals surface area contributed by atoms with Crippen molar-refractivity contribution in [1.29, 1.82) is 0 Å². The summed E-state index contributed by atoms with van der Waals surface area (Å²) in [7, 11) is 1.46. The van der Waals surface area contributed by atoms with Gasteiger partial charge in [0.1, 0.15) is 12.3 Å². The topological polar surface area (TPSA) is 66.8 Å². The minimum atomic E-state index is -1.04. The molecule has 0 radical (unpaired) electrons. The second-order valence-corrected chi connectivity index (χ2v) is 4.84. The molecule has 0 aromatic heterocycles. The molecular weight excluding hydrogens is 282 g/mol. The first-order chi connectivity index (χ1) is 9.40. The fourth-order valence-corrected chi connectivity index (χ4v) is 1.95. The van der Waals surface area contributed by atoms with Gasteiger partial charge in [0.2, 0.25) is 0 Å². The minimum Gasteiger partial charge on any atom is -0.495 e. The molecule has 0 aliphatic rings. The second kappa shape index (κ2) is 7.14. The van der Waals surface area contributed by atoms with Gasteiger partial charge in [0.05, 0.1) is 12.1 Å². The molecule has 0 saturated heterocycles. The molecule has 1 N–H and O–H groups in total. The van der Waals surface area contributed by atoms with E-state index >= 15 is 0 Å². The summed E-state index contributed by atoms with van der Waals surface area (Å²) in [6.45, 7) is 3.38. The number of benzene rings is 1. The Kier molecular flexibility index (Phi) is 5.82. The summed E-state index contributed by atoms with van der Waals surface area (Å²) in [4.78, 5) is 24.7. The standard InChI is InChI=1S/C14H18ClNO4/c1-4-9(2)16(8-13(17)18)14(19)10-5-6-11(15)12(7-10)20-3/h5-7,9H,4,8H2,1-3H3,(H,17,18). The molecule has 5 nitrogen and oxygen atoms in total. The number of methoxy groups -OCH3 is 1. The van der Waals surface area contributed by atoms with Gasteiger partial charge in [-0.05, 0) is 31.5 Å². The molecule has 1 unspecified atom stereocenters. The Hall–Kier alpha value is -1.75. The second-order valence-electron chi connectivity index (χ2n) is 4.43. The number of amides is 1. The Morgan fingerprint density at radius 1 is 1.45 bits per heavy atom. The van der Waals surface area contributed by atoms with Crippen LogP contribution in [0.5, 0.6) is 5.75 Å². The fourth-order valence-electron chi connectivity index (χ4n) is 1.75. The first kappa shape index (κ1) is 16.3. The monoisotopic (exact) mass is 299 g/mol. The van der Waals surface area contributed by atoms with Crippen molar-refractivity contribution in [2.24, 2.45) is 0 Å². The smallest absolute Gasteiger partial charge is 0.323 e. The fraction of sp³-hybridized carbons (Fsp3) is 0.429. The van der Waals surface area contributed by atoms with Crippen LogP contribution in [0.15, 0.2) is 18.2 Å². The van der Waals surface area contributed by atoms with E-state index in [0.29, 0.717) is 22.8 Å². The van der Waals surface area contributed by atoms with Crippen molar-refractivity contribution in [3.05, 3.63) is 28.8 Å². The average Bonchev–Trinajstić information content (AvgIpc) is 2.43. The van der Waals surface area contributed by atoms with Crippen LogP contribution in [0.4, 0.5) is 0 Å². The lowest BCUT2D eigenvalue weighted by Crippen LogP contribution is -2.41. The minimum absolute atomic E-state index is 0.166. The quantitative estimate of drug-likeness (QED) is 0.877. The highest BCUT2D eigenvalue weighted by Crippen LogP contribution is 2.26. The van der Waals surface area contributed by atoms with E-state index in [1.165, 1.54) is 18.1 Å². The van der Waals surface area contributed by atoms with Gasteiger partial charge in [-0.25, -0.2) is 0 Å². The molecule has 1 aromatic carbocycles. The van der Waals surface area contributed by atoms with E-state index in [1.54, 1.807) is 12.1 Å². The van der Waals surface area contributed by atoms with Crippen molar-refractivity contribution in [1.82, 2.24) is 4.90 Å². The Balaban J connectivity index is 3.08. The van der Waals surface area contributed by atoms with Crippen LogP contribution >= 0.6 is 11.6 Å². The summed E-state index contributed by atoms with van der Waals surface area (Å²) in [6, 6.07) is 4.47.